The summed E-state index contributed by atoms with van der Waals surface area (Å²) < 4.78 is 134. The van der Waals surface area contributed by atoms with Gasteiger partial charge in [0.1, 0.15) is 0 Å². The quantitative estimate of drug-likeness (QED) is 0.256. The first-order valence-electron chi connectivity index (χ1n) is 8.13. The van der Waals surface area contributed by atoms with Crippen LogP contribution in [0.3, 0.4) is 0 Å². The molecule has 3 aromatic rings. The lowest BCUT2D eigenvalue weighted by Crippen LogP contribution is -2.08. The van der Waals surface area contributed by atoms with Crippen LogP contribution in [0.2, 0.25) is 0 Å². The lowest BCUT2D eigenvalue weighted by Gasteiger charge is -2.10. The maximum Gasteiger partial charge on any atom is 0.200 e. The summed E-state index contributed by atoms with van der Waals surface area (Å²) in [6, 6.07) is 4.61. The van der Waals surface area contributed by atoms with Gasteiger partial charge in [-0.15, -0.1) is 0 Å². The van der Waals surface area contributed by atoms with Crippen LogP contribution < -0.4 is 0 Å². The Morgan fingerprint density at radius 2 is 0.533 bits per heavy atom. The highest BCUT2D eigenvalue weighted by Gasteiger charge is 2.27. The Morgan fingerprint density at radius 3 is 0.767 bits per heavy atom. The van der Waals surface area contributed by atoms with Gasteiger partial charge < -0.3 is 0 Å². The van der Waals surface area contributed by atoms with Crippen molar-refractivity contribution in [1.82, 2.24) is 0 Å². The molecule has 0 aliphatic carbocycles. The van der Waals surface area contributed by atoms with Crippen molar-refractivity contribution >= 4 is 0 Å². The Kier molecular flexibility index (Phi) is 5.78. The van der Waals surface area contributed by atoms with E-state index in [9.17, 15) is 43.9 Å². The molecule has 0 heterocycles. The van der Waals surface area contributed by atoms with Gasteiger partial charge in [0.05, 0.1) is 0 Å². The minimum Gasteiger partial charge on any atom is -0.203 e. The fraction of sp³-hybridized carbons (Fsp3) is 0.100. The summed E-state index contributed by atoms with van der Waals surface area (Å²) in [5.74, 6) is -21.0. The molecule has 0 aromatic heterocycles. The maximum absolute atomic E-state index is 13.7. The zero-order valence-electron chi connectivity index (χ0n) is 14.5. The summed E-state index contributed by atoms with van der Waals surface area (Å²) in [6.45, 7) is 0. The third kappa shape index (κ3) is 3.61. The average molecular weight is 438 g/mol. The molecule has 10 heteroatoms. The van der Waals surface area contributed by atoms with E-state index in [1.165, 1.54) is 0 Å². The van der Waals surface area contributed by atoms with Crippen molar-refractivity contribution in [3.05, 3.63) is 105 Å². The summed E-state index contributed by atoms with van der Waals surface area (Å²) in [5.41, 5.74) is -2.03. The van der Waals surface area contributed by atoms with E-state index in [1.54, 1.807) is 0 Å². The second-order valence-electron chi connectivity index (χ2n) is 6.27. The molecule has 0 aliphatic heterocycles. The Labute approximate surface area is 162 Å². The van der Waals surface area contributed by atoms with Gasteiger partial charge in [-0.25, -0.2) is 43.9 Å². The molecule has 0 nitrogen and oxygen atoms in total. The van der Waals surface area contributed by atoms with Crippen LogP contribution in [0, 0.1) is 58.2 Å². The highest BCUT2D eigenvalue weighted by Crippen LogP contribution is 2.27. The molecule has 0 unspecified atom stereocenters. The lowest BCUT2D eigenvalue weighted by molar-refractivity contribution is 0.371. The topological polar surface area (TPSA) is 0 Å². The molecule has 3 rings (SSSR count). The molecular formula is C20H8F10. The van der Waals surface area contributed by atoms with Crippen molar-refractivity contribution in [2.45, 2.75) is 12.8 Å². The summed E-state index contributed by atoms with van der Waals surface area (Å²) >= 11 is 0. The van der Waals surface area contributed by atoms with Crippen molar-refractivity contribution in [1.29, 1.82) is 0 Å². The van der Waals surface area contributed by atoms with Gasteiger partial charge in [-0.1, -0.05) is 24.3 Å². The fourth-order valence-corrected chi connectivity index (χ4v) is 2.79. The Balaban J connectivity index is 1.90. The third-order valence-electron chi connectivity index (χ3n) is 4.39. The van der Waals surface area contributed by atoms with Gasteiger partial charge in [0.25, 0.3) is 0 Å². The molecule has 0 saturated carbocycles. The van der Waals surface area contributed by atoms with Gasteiger partial charge in [0.15, 0.2) is 46.5 Å². The van der Waals surface area contributed by atoms with E-state index in [0.717, 1.165) is 24.3 Å². The molecule has 0 atom stereocenters. The summed E-state index contributed by atoms with van der Waals surface area (Å²) in [7, 11) is 0. The number of halogens is 10. The molecule has 0 N–H and O–H groups in total. The van der Waals surface area contributed by atoms with Crippen LogP contribution in [-0.2, 0) is 12.8 Å². The van der Waals surface area contributed by atoms with Crippen LogP contribution >= 0.6 is 0 Å². The maximum atomic E-state index is 13.7. The molecular weight excluding hydrogens is 430 g/mol. The van der Waals surface area contributed by atoms with Gasteiger partial charge in [0, 0.05) is 24.0 Å². The van der Waals surface area contributed by atoms with Gasteiger partial charge in [0.2, 0.25) is 11.6 Å². The van der Waals surface area contributed by atoms with Crippen LogP contribution in [0.5, 0.6) is 0 Å². The van der Waals surface area contributed by atoms with Crippen LogP contribution in [0.4, 0.5) is 43.9 Å². The standard InChI is InChI=1S/C20H8F10/c21-11-9(12(22)16(26)19(29)15(11)25)5-7-1-2-8(4-3-7)6-10-13(23)17(27)20(30)18(28)14(10)24/h1-4H,5-6H2. The highest BCUT2D eigenvalue weighted by atomic mass is 19.2. The molecule has 0 amide bonds. The second-order valence-corrected chi connectivity index (χ2v) is 6.27. The van der Waals surface area contributed by atoms with E-state index in [-0.39, 0.29) is 11.1 Å². The minimum absolute atomic E-state index is 0.0689. The number of benzene rings is 3. The van der Waals surface area contributed by atoms with E-state index in [0.29, 0.717) is 0 Å². The summed E-state index contributed by atoms with van der Waals surface area (Å²) in [4.78, 5) is 0. The molecule has 0 spiro atoms. The van der Waals surface area contributed by atoms with Crippen molar-refractivity contribution in [3.8, 4) is 0 Å². The molecule has 30 heavy (non-hydrogen) atoms. The average Bonchev–Trinajstić information content (AvgIpc) is 2.75. The molecule has 0 fully saturated rings. The van der Waals surface area contributed by atoms with Gasteiger partial charge in [-0.3, -0.25) is 0 Å². The molecule has 0 radical (unpaired) electrons. The first-order valence-corrected chi connectivity index (χ1v) is 8.13. The van der Waals surface area contributed by atoms with Crippen molar-refractivity contribution < 1.29 is 43.9 Å². The van der Waals surface area contributed by atoms with Crippen LogP contribution in [0.15, 0.2) is 24.3 Å². The Morgan fingerprint density at radius 1 is 0.333 bits per heavy atom. The van der Waals surface area contributed by atoms with Gasteiger partial charge >= 0.3 is 0 Å². The predicted octanol–water partition coefficient (Wildman–Crippen LogP) is 6.26. The number of rotatable bonds is 4. The second kappa shape index (κ2) is 8.00. The number of hydrogen-bond acceptors (Lipinski definition) is 0. The molecule has 0 saturated heterocycles. The van der Waals surface area contributed by atoms with Crippen molar-refractivity contribution in [2.24, 2.45) is 0 Å². The largest absolute Gasteiger partial charge is 0.203 e. The van der Waals surface area contributed by atoms with Gasteiger partial charge in [-0.05, 0) is 11.1 Å². The van der Waals surface area contributed by atoms with Gasteiger partial charge in [-0.2, -0.15) is 0 Å². The van der Waals surface area contributed by atoms with E-state index in [4.69, 9.17) is 0 Å². The first-order chi connectivity index (χ1) is 14.0. The minimum atomic E-state index is -2.30. The van der Waals surface area contributed by atoms with E-state index in [2.05, 4.69) is 0 Å². The van der Waals surface area contributed by atoms with Crippen LogP contribution in [-0.4, -0.2) is 0 Å². The van der Waals surface area contributed by atoms with Crippen LogP contribution in [0.25, 0.3) is 0 Å². The molecule has 3 aromatic carbocycles. The highest BCUT2D eigenvalue weighted by molar-refractivity contribution is 5.35. The summed E-state index contributed by atoms with van der Waals surface area (Å²) in [5, 5.41) is 0. The van der Waals surface area contributed by atoms with E-state index < -0.39 is 82.1 Å². The third-order valence-corrected chi connectivity index (χ3v) is 4.39. The normalized spacial score (nSPS) is 11.3. The number of hydrogen-bond donors (Lipinski definition) is 0. The zero-order valence-corrected chi connectivity index (χ0v) is 14.5. The molecule has 0 aliphatic rings. The van der Waals surface area contributed by atoms with Crippen LogP contribution in [0.1, 0.15) is 22.3 Å². The van der Waals surface area contributed by atoms with Crippen molar-refractivity contribution in [3.63, 3.8) is 0 Å². The van der Waals surface area contributed by atoms with E-state index >= 15 is 0 Å². The lowest BCUT2D eigenvalue weighted by atomic mass is 9.98. The smallest absolute Gasteiger partial charge is 0.200 e. The van der Waals surface area contributed by atoms with E-state index in [1.807, 2.05) is 0 Å². The Hall–Kier alpha value is -3.04. The van der Waals surface area contributed by atoms with Crippen molar-refractivity contribution in [2.75, 3.05) is 0 Å². The Bertz CT molecular complexity index is 987. The molecule has 0 bridgehead atoms. The zero-order chi connectivity index (χ0) is 22.3. The SMILES string of the molecule is Fc1c(F)c(F)c(Cc2ccc(Cc3c(F)c(F)c(F)c(F)c3F)cc2)c(F)c1F. The summed E-state index contributed by atoms with van der Waals surface area (Å²) in [6.07, 6.45) is -1.40. The fourth-order valence-electron chi connectivity index (χ4n) is 2.79. The first kappa shape index (κ1) is 21.7. The molecule has 158 valence electrons. The predicted molar refractivity (Wildman–Crippen MR) is 84.5 cm³/mol. The monoisotopic (exact) mass is 438 g/mol.